The predicted octanol–water partition coefficient (Wildman–Crippen LogP) is 7.86. The van der Waals surface area contributed by atoms with Crippen LogP contribution in [-0.2, 0) is 11.8 Å². The van der Waals surface area contributed by atoms with Crippen molar-refractivity contribution in [3.8, 4) is 11.1 Å². The highest BCUT2D eigenvalue weighted by atomic mass is 14.6. The average molecular weight is 440 g/mol. The van der Waals surface area contributed by atoms with E-state index in [0.717, 1.165) is 17.7 Å². The molecule has 2 N–H and O–H groups in total. The molecule has 0 atom stereocenters. The number of anilines is 1. The van der Waals surface area contributed by atoms with Crippen molar-refractivity contribution < 1.29 is 0 Å². The van der Waals surface area contributed by atoms with E-state index in [9.17, 15) is 0 Å². The van der Waals surface area contributed by atoms with E-state index in [-0.39, 0.29) is 5.41 Å². The third kappa shape index (κ3) is 3.60. The fourth-order valence-electron chi connectivity index (χ4n) is 5.30. The summed E-state index contributed by atoms with van der Waals surface area (Å²) < 4.78 is 0. The van der Waals surface area contributed by atoms with Gasteiger partial charge in [-0.25, -0.2) is 0 Å². The highest BCUT2D eigenvalue weighted by Gasteiger charge is 2.46. The Bertz CT molecular complexity index is 1350. The lowest BCUT2D eigenvalue weighted by molar-refractivity contribution is 0.768. The standard InChI is InChI=1S/C33H29N/c1-3-4-7-12-24(2)21-25-17-19-31-29(22-25)30-23-28(34)18-20-32(30)33(31,26-13-8-5-9-14-26)27-15-10-6-11-16-27/h3-20,22-23H,2,21,34H2,1H3/b4-3-,12-7-. The molecule has 0 radical (unpaired) electrons. The summed E-state index contributed by atoms with van der Waals surface area (Å²) in [5.41, 5.74) is 16.6. The molecular weight excluding hydrogens is 410 g/mol. The van der Waals surface area contributed by atoms with E-state index in [2.05, 4.69) is 104 Å². The van der Waals surface area contributed by atoms with Gasteiger partial charge in [-0.1, -0.05) is 121 Å². The van der Waals surface area contributed by atoms with Gasteiger partial charge in [0.2, 0.25) is 0 Å². The van der Waals surface area contributed by atoms with Gasteiger partial charge < -0.3 is 5.73 Å². The average Bonchev–Trinajstić information content (AvgIpc) is 3.15. The van der Waals surface area contributed by atoms with Crippen LogP contribution in [0.15, 0.2) is 134 Å². The van der Waals surface area contributed by atoms with E-state index >= 15 is 0 Å². The van der Waals surface area contributed by atoms with E-state index in [4.69, 9.17) is 5.73 Å². The molecule has 0 fully saturated rings. The SMILES string of the molecule is C=C(/C=C\C=C/C)Cc1ccc2c(c1)-c1cc(N)ccc1C2(c1ccccc1)c1ccccc1. The number of rotatable bonds is 6. The lowest BCUT2D eigenvalue weighted by Gasteiger charge is -2.34. The van der Waals surface area contributed by atoms with Gasteiger partial charge in [0.15, 0.2) is 0 Å². The molecule has 166 valence electrons. The predicted molar refractivity (Wildman–Crippen MR) is 145 cm³/mol. The van der Waals surface area contributed by atoms with E-state index in [1.54, 1.807) is 0 Å². The minimum absolute atomic E-state index is 0.387. The van der Waals surface area contributed by atoms with E-state index in [1.807, 2.05) is 31.2 Å². The second-order valence-corrected chi connectivity index (χ2v) is 8.89. The van der Waals surface area contributed by atoms with Crippen LogP contribution in [0.3, 0.4) is 0 Å². The first-order chi connectivity index (χ1) is 16.6. The molecule has 0 saturated carbocycles. The van der Waals surface area contributed by atoms with Crippen LogP contribution in [0.5, 0.6) is 0 Å². The second-order valence-electron chi connectivity index (χ2n) is 8.89. The van der Waals surface area contributed by atoms with Gasteiger partial charge in [-0.15, -0.1) is 0 Å². The van der Waals surface area contributed by atoms with E-state index < -0.39 is 0 Å². The van der Waals surface area contributed by atoms with Crippen molar-refractivity contribution in [2.24, 2.45) is 0 Å². The normalized spacial score (nSPS) is 13.8. The first-order valence-corrected chi connectivity index (χ1v) is 11.8. The lowest BCUT2D eigenvalue weighted by atomic mass is 9.67. The molecule has 0 heterocycles. The summed E-state index contributed by atoms with van der Waals surface area (Å²) in [6.45, 7) is 6.27. The zero-order valence-corrected chi connectivity index (χ0v) is 19.5. The highest BCUT2D eigenvalue weighted by Crippen LogP contribution is 2.56. The molecule has 0 unspecified atom stereocenters. The molecule has 0 bridgehead atoms. The van der Waals surface area contributed by atoms with Gasteiger partial charge in [0, 0.05) is 5.69 Å². The number of benzene rings is 4. The molecule has 1 nitrogen and oxygen atoms in total. The smallest absolute Gasteiger partial charge is 0.0713 e. The lowest BCUT2D eigenvalue weighted by Crippen LogP contribution is -2.28. The largest absolute Gasteiger partial charge is 0.399 e. The zero-order valence-electron chi connectivity index (χ0n) is 19.5. The Morgan fingerprint density at radius 2 is 1.35 bits per heavy atom. The second kappa shape index (κ2) is 9.03. The van der Waals surface area contributed by atoms with Crippen molar-refractivity contribution in [3.63, 3.8) is 0 Å². The van der Waals surface area contributed by atoms with Crippen molar-refractivity contribution >= 4 is 5.69 Å². The van der Waals surface area contributed by atoms with Crippen LogP contribution in [0.1, 0.15) is 34.7 Å². The van der Waals surface area contributed by atoms with Crippen molar-refractivity contribution in [2.75, 3.05) is 5.73 Å². The van der Waals surface area contributed by atoms with Gasteiger partial charge in [0.05, 0.1) is 5.41 Å². The number of allylic oxidation sites excluding steroid dienone is 5. The molecule has 4 aromatic rings. The summed E-state index contributed by atoms with van der Waals surface area (Å²) >= 11 is 0. The maximum absolute atomic E-state index is 6.31. The van der Waals surface area contributed by atoms with Gasteiger partial charge in [-0.3, -0.25) is 0 Å². The third-order valence-corrected chi connectivity index (χ3v) is 6.71. The summed E-state index contributed by atoms with van der Waals surface area (Å²) in [5, 5.41) is 0. The van der Waals surface area contributed by atoms with Crippen LogP contribution < -0.4 is 5.73 Å². The number of nitrogens with two attached hydrogens (primary N) is 1. The van der Waals surface area contributed by atoms with Gasteiger partial charge in [-0.2, -0.15) is 0 Å². The molecule has 4 aromatic carbocycles. The Hall–Kier alpha value is -4.10. The number of hydrogen-bond donors (Lipinski definition) is 1. The molecule has 5 rings (SSSR count). The van der Waals surface area contributed by atoms with Crippen LogP contribution in [0.2, 0.25) is 0 Å². The minimum Gasteiger partial charge on any atom is -0.399 e. The maximum atomic E-state index is 6.31. The minimum atomic E-state index is -0.387. The van der Waals surface area contributed by atoms with Gasteiger partial charge >= 0.3 is 0 Å². The van der Waals surface area contributed by atoms with Gasteiger partial charge in [0.25, 0.3) is 0 Å². The van der Waals surface area contributed by atoms with Gasteiger partial charge in [-0.05, 0) is 64.4 Å². The monoisotopic (exact) mass is 439 g/mol. The summed E-state index contributed by atoms with van der Waals surface area (Å²) in [6.07, 6.45) is 8.98. The first kappa shape index (κ1) is 21.7. The van der Waals surface area contributed by atoms with Crippen molar-refractivity contribution in [1.82, 2.24) is 0 Å². The van der Waals surface area contributed by atoms with Crippen LogP contribution in [-0.4, -0.2) is 0 Å². The Morgan fingerprint density at radius 1 is 0.765 bits per heavy atom. The molecule has 34 heavy (non-hydrogen) atoms. The fraction of sp³-hybridized carbons (Fsp3) is 0.0909. The molecule has 0 aromatic heterocycles. The number of nitrogen functional groups attached to an aromatic ring is 1. The molecule has 0 spiro atoms. The zero-order chi connectivity index (χ0) is 23.5. The summed E-state index contributed by atoms with van der Waals surface area (Å²) in [4.78, 5) is 0. The summed E-state index contributed by atoms with van der Waals surface area (Å²) in [5.74, 6) is 0. The van der Waals surface area contributed by atoms with E-state index in [0.29, 0.717) is 0 Å². The quantitative estimate of drug-likeness (QED) is 0.211. The third-order valence-electron chi connectivity index (χ3n) is 6.71. The summed E-state index contributed by atoms with van der Waals surface area (Å²) in [6, 6.07) is 34.9. The number of fused-ring (bicyclic) bond motifs is 3. The Balaban J connectivity index is 1.74. The molecule has 1 aliphatic rings. The Labute approximate surface area is 202 Å². The molecule has 1 aliphatic carbocycles. The van der Waals surface area contributed by atoms with Crippen molar-refractivity contribution in [1.29, 1.82) is 0 Å². The fourth-order valence-corrected chi connectivity index (χ4v) is 5.30. The first-order valence-electron chi connectivity index (χ1n) is 11.8. The van der Waals surface area contributed by atoms with Crippen molar-refractivity contribution in [2.45, 2.75) is 18.8 Å². The van der Waals surface area contributed by atoms with Crippen molar-refractivity contribution in [3.05, 3.63) is 161 Å². The Morgan fingerprint density at radius 3 is 1.97 bits per heavy atom. The van der Waals surface area contributed by atoms with Crippen LogP contribution in [0.4, 0.5) is 5.69 Å². The molecule has 0 aliphatic heterocycles. The number of hydrogen-bond acceptors (Lipinski definition) is 1. The topological polar surface area (TPSA) is 26.0 Å². The maximum Gasteiger partial charge on any atom is 0.0713 e. The van der Waals surface area contributed by atoms with E-state index in [1.165, 1.54) is 38.9 Å². The van der Waals surface area contributed by atoms with Crippen LogP contribution >= 0.6 is 0 Å². The molecule has 0 saturated heterocycles. The van der Waals surface area contributed by atoms with Crippen LogP contribution in [0.25, 0.3) is 11.1 Å². The molecule has 0 amide bonds. The van der Waals surface area contributed by atoms with Gasteiger partial charge in [0.1, 0.15) is 0 Å². The molecular formula is C33H29N. The molecule has 1 heteroatoms. The van der Waals surface area contributed by atoms with Crippen LogP contribution in [0, 0.1) is 0 Å². The highest BCUT2D eigenvalue weighted by molar-refractivity contribution is 5.88. The Kier molecular flexibility index (Phi) is 5.77. The summed E-state index contributed by atoms with van der Waals surface area (Å²) in [7, 11) is 0.